The van der Waals surface area contributed by atoms with Crippen LogP contribution in [-0.2, 0) is 0 Å². The van der Waals surface area contributed by atoms with Crippen molar-refractivity contribution in [3.8, 4) is 0 Å². The van der Waals surface area contributed by atoms with Gasteiger partial charge in [-0.1, -0.05) is 30.4 Å². The van der Waals surface area contributed by atoms with Crippen LogP contribution in [0, 0.1) is 11.8 Å². The number of aliphatic imine (C=N–C) groups is 1. The lowest BCUT2D eigenvalue weighted by molar-refractivity contribution is 0.494. The minimum absolute atomic E-state index is 0.169. The zero-order valence-electron chi connectivity index (χ0n) is 7.80. The first kappa shape index (κ1) is 8.00. The van der Waals surface area contributed by atoms with E-state index in [9.17, 15) is 0 Å². The van der Waals surface area contributed by atoms with Crippen LogP contribution in [0.15, 0.2) is 41.4 Å². The van der Waals surface area contributed by atoms with E-state index in [1.54, 1.807) is 0 Å². The monoisotopic (exact) mass is 187 g/mol. The van der Waals surface area contributed by atoms with Gasteiger partial charge in [0, 0.05) is 17.9 Å². The molecule has 72 valence electrons. The second kappa shape index (κ2) is 2.82. The summed E-state index contributed by atoms with van der Waals surface area (Å²) in [5, 5.41) is 3.47. The number of hydrogen-bond acceptors (Lipinski definition) is 3. The molecule has 0 aromatic heterocycles. The Morgan fingerprint density at radius 2 is 2.00 bits per heavy atom. The minimum atomic E-state index is 0.169. The summed E-state index contributed by atoms with van der Waals surface area (Å²) in [6.07, 6.45) is 12.9. The highest BCUT2D eigenvalue weighted by atomic mass is 15.2. The molecule has 3 nitrogen and oxygen atoms in total. The number of hydrogen-bond donors (Lipinski definition) is 2. The SMILES string of the molecule is NC1=NC2NC3C=CC=CC3C2C=C1. The summed E-state index contributed by atoms with van der Waals surface area (Å²) in [5.74, 6) is 1.64. The molecule has 0 spiro atoms. The molecule has 0 amide bonds. The third-order valence-electron chi connectivity index (χ3n) is 3.13. The number of nitrogens with two attached hydrogens (primary N) is 1. The predicted molar refractivity (Wildman–Crippen MR) is 56.7 cm³/mol. The molecule has 3 heteroatoms. The van der Waals surface area contributed by atoms with Gasteiger partial charge in [-0.25, -0.2) is 4.99 Å². The zero-order chi connectivity index (χ0) is 9.54. The Morgan fingerprint density at radius 3 is 2.93 bits per heavy atom. The molecule has 0 bridgehead atoms. The van der Waals surface area contributed by atoms with Crippen LogP contribution in [0.25, 0.3) is 0 Å². The van der Waals surface area contributed by atoms with E-state index < -0.39 is 0 Å². The molecule has 4 atom stereocenters. The van der Waals surface area contributed by atoms with Gasteiger partial charge in [0.25, 0.3) is 0 Å². The van der Waals surface area contributed by atoms with Crippen molar-refractivity contribution in [3.63, 3.8) is 0 Å². The van der Waals surface area contributed by atoms with Gasteiger partial charge in [-0.2, -0.15) is 0 Å². The van der Waals surface area contributed by atoms with E-state index in [1.165, 1.54) is 0 Å². The summed E-state index contributed by atoms with van der Waals surface area (Å²) in [4.78, 5) is 4.40. The van der Waals surface area contributed by atoms with E-state index in [1.807, 2.05) is 6.08 Å². The minimum Gasteiger partial charge on any atom is -0.384 e. The van der Waals surface area contributed by atoms with Crippen molar-refractivity contribution in [2.45, 2.75) is 12.2 Å². The van der Waals surface area contributed by atoms with Crippen molar-refractivity contribution >= 4 is 5.84 Å². The van der Waals surface area contributed by atoms with Gasteiger partial charge >= 0.3 is 0 Å². The van der Waals surface area contributed by atoms with Gasteiger partial charge in [0.05, 0.1) is 0 Å². The fourth-order valence-corrected chi connectivity index (χ4v) is 2.45. The topological polar surface area (TPSA) is 50.4 Å². The summed E-state index contributed by atoms with van der Waals surface area (Å²) in [7, 11) is 0. The van der Waals surface area contributed by atoms with Crippen LogP contribution >= 0.6 is 0 Å². The standard InChI is InChI=1S/C11H13N3/c12-10-6-5-8-7-3-1-2-4-9(7)13-11(8)14-10/h1-9,11,13H,(H2,12,14). The highest BCUT2D eigenvalue weighted by Crippen LogP contribution is 2.34. The second-order valence-corrected chi connectivity index (χ2v) is 3.97. The molecule has 1 saturated heterocycles. The number of rotatable bonds is 0. The number of amidine groups is 1. The Bertz CT molecular complexity index is 365. The van der Waals surface area contributed by atoms with Crippen LogP contribution in [0.2, 0.25) is 0 Å². The lowest BCUT2D eigenvalue weighted by Crippen LogP contribution is -2.32. The highest BCUT2D eigenvalue weighted by Gasteiger charge is 2.40. The van der Waals surface area contributed by atoms with Crippen molar-refractivity contribution < 1.29 is 0 Å². The summed E-state index contributed by atoms with van der Waals surface area (Å²) in [6.45, 7) is 0. The fraction of sp³-hybridized carbons (Fsp3) is 0.364. The van der Waals surface area contributed by atoms with E-state index in [-0.39, 0.29) is 6.17 Å². The Kier molecular flexibility index (Phi) is 1.61. The molecule has 0 aromatic rings. The molecule has 1 aliphatic carbocycles. The number of nitrogens with zero attached hydrogens (tertiary/aromatic N) is 1. The normalized spacial score (nSPS) is 43.3. The number of fused-ring (bicyclic) bond motifs is 3. The van der Waals surface area contributed by atoms with Crippen molar-refractivity contribution in [2.75, 3.05) is 0 Å². The number of nitrogens with one attached hydrogen (secondary N) is 1. The van der Waals surface area contributed by atoms with Gasteiger partial charge in [0.1, 0.15) is 12.0 Å². The molecule has 0 radical (unpaired) electrons. The van der Waals surface area contributed by atoms with E-state index in [2.05, 4.69) is 40.7 Å². The van der Waals surface area contributed by atoms with Crippen LogP contribution in [0.3, 0.4) is 0 Å². The number of dihydropyridines is 1. The molecule has 1 fully saturated rings. The maximum Gasteiger partial charge on any atom is 0.119 e. The Labute approximate surface area is 83.1 Å². The van der Waals surface area contributed by atoms with Gasteiger partial charge < -0.3 is 5.73 Å². The quantitative estimate of drug-likeness (QED) is 0.582. The van der Waals surface area contributed by atoms with Crippen LogP contribution in [-0.4, -0.2) is 18.0 Å². The molecule has 0 aromatic carbocycles. The first-order valence-corrected chi connectivity index (χ1v) is 4.97. The Hall–Kier alpha value is -1.35. The molecule has 3 aliphatic rings. The summed E-state index contributed by atoms with van der Waals surface area (Å²) < 4.78 is 0. The van der Waals surface area contributed by atoms with Gasteiger partial charge in [-0.15, -0.1) is 0 Å². The molecular weight excluding hydrogens is 174 g/mol. The largest absolute Gasteiger partial charge is 0.384 e. The third-order valence-corrected chi connectivity index (χ3v) is 3.13. The van der Waals surface area contributed by atoms with Gasteiger partial charge in [-0.3, -0.25) is 5.32 Å². The third kappa shape index (κ3) is 1.06. The van der Waals surface area contributed by atoms with Gasteiger partial charge in [0.2, 0.25) is 0 Å². The number of allylic oxidation sites excluding steroid dienone is 2. The first-order chi connectivity index (χ1) is 6.84. The fourth-order valence-electron chi connectivity index (χ4n) is 2.45. The smallest absolute Gasteiger partial charge is 0.119 e. The first-order valence-electron chi connectivity index (χ1n) is 4.97. The molecule has 3 rings (SSSR count). The van der Waals surface area contributed by atoms with Crippen molar-refractivity contribution in [2.24, 2.45) is 22.6 Å². The van der Waals surface area contributed by atoms with Crippen LogP contribution in [0.1, 0.15) is 0 Å². The van der Waals surface area contributed by atoms with E-state index in [0.29, 0.717) is 23.7 Å². The summed E-state index contributed by atoms with van der Waals surface area (Å²) in [5.41, 5.74) is 5.67. The maximum atomic E-state index is 5.67. The molecule has 2 aliphatic heterocycles. The van der Waals surface area contributed by atoms with Crippen molar-refractivity contribution in [1.29, 1.82) is 0 Å². The Balaban J connectivity index is 1.94. The van der Waals surface area contributed by atoms with Crippen molar-refractivity contribution in [3.05, 3.63) is 36.5 Å². The van der Waals surface area contributed by atoms with Crippen LogP contribution < -0.4 is 11.1 Å². The molecule has 4 unspecified atom stereocenters. The van der Waals surface area contributed by atoms with Crippen LogP contribution in [0.4, 0.5) is 0 Å². The second-order valence-electron chi connectivity index (χ2n) is 3.97. The predicted octanol–water partition coefficient (Wildman–Crippen LogP) is 0.570. The zero-order valence-corrected chi connectivity index (χ0v) is 7.80. The van der Waals surface area contributed by atoms with Gasteiger partial charge in [-0.05, 0) is 6.08 Å². The molecule has 0 saturated carbocycles. The van der Waals surface area contributed by atoms with E-state index in [0.717, 1.165) is 0 Å². The average Bonchev–Trinajstić information content (AvgIpc) is 2.54. The molecule has 3 N–H and O–H groups in total. The summed E-state index contributed by atoms with van der Waals surface area (Å²) in [6, 6.07) is 0.425. The lowest BCUT2D eigenvalue weighted by atomic mass is 9.86. The lowest BCUT2D eigenvalue weighted by Gasteiger charge is -2.20. The molecule has 2 heterocycles. The van der Waals surface area contributed by atoms with Gasteiger partial charge in [0.15, 0.2) is 0 Å². The van der Waals surface area contributed by atoms with E-state index in [4.69, 9.17) is 5.73 Å². The van der Waals surface area contributed by atoms with Crippen molar-refractivity contribution in [1.82, 2.24) is 5.32 Å². The highest BCUT2D eigenvalue weighted by molar-refractivity contribution is 5.92. The van der Waals surface area contributed by atoms with Crippen LogP contribution in [0.5, 0.6) is 0 Å². The molecule has 14 heavy (non-hydrogen) atoms. The van der Waals surface area contributed by atoms with E-state index >= 15 is 0 Å². The summed E-state index contributed by atoms with van der Waals surface area (Å²) >= 11 is 0. The maximum absolute atomic E-state index is 5.67. The molecular formula is C11H13N3. The average molecular weight is 187 g/mol. The Morgan fingerprint density at radius 1 is 1.14 bits per heavy atom.